The van der Waals surface area contributed by atoms with Crippen molar-refractivity contribution >= 4 is 9.84 Å². The third-order valence-corrected chi connectivity index (χ3v) is 4.82. The van der Waals surface area contributed by atoms with E-state index in [2.05, 4.69) is 15.1 Å². The Balaban J connectivity index is 1.99. The molecule has 1 saturated carbocycles. The van der Waals surface area contributed by atoms with Gasteiger partial charge in [0.05, 0.1) is 17.5 Å². The second-order valence-corrected chi connectivity index (χ2v) is 7.96. The van der Waals surface area contributed by atoms with Gasteiger partial charge in [-0.2, -0.15) is 5.10 Å². The van der Waals surface area contributed by atoms with Gasteiger partial charge in [-0.3, -0.25) is 4.68 Å². The number of hydrogen-bond acceptors (Lipinski definition) is 4. The molecule has 0 spiro atoms. The van der Waals surface area contributed by atoms with Crippen molar-refractivity contribution in [2.45, 2.75) is 51.1 Å². The lowest BCUT2D eigenvalue weighted by Crippen LogP contribution is -2.37. The Kier molecular flexibility index (Phi) is 5.21. The lowest BCUT2D eigenvalue weighted by Gasteiger charge is -2.15. The Bertz CT molecular complexity index is 518. The highest BCUT2D eigenvalue weighted by Gasteiger charge is 2.19. The van der Waals surface area contributed by atoms with Crippen LogP contribution in [-0.2, 0) is 16.3 Å². The number of likely N-dealkylation sites (N-methyl/N-ethyl adjacent to an activating group) is 1. The van der Waals surface area contributed by atoms with E-state index in [1.807, 2.05) is 19.2 Å². The molecular formula is C14H25N3O2S. The van der Waals surface area contributed by atoms with Gasteiger partial charge in [0.25, 0.3) is 0 Å². The fourth-order valence-electron chi connectivity index (χ4n) is 2.96. The Morgan fingerprint density at radius 2 is 2.15 bits per heavy atom. The molecule has 114 valence electrons. The fourth-order valence-corrected chi connectivity index (χ4v) is 3.92. The normalized spacial score (nSPS) is 18.5. The van der Waals surface area contributed by atoms with Crippen molar-refractivity contribution in [3.05, 3.63) is 18.0 Å². The minimum atomic E-state index is -2.97. The maximum atomic E-state index is 11.5. The molecule has 1 aromatic rings. The summed E-state index contributed by atoms with van der Waals surface area (Å²) in [5.41, 5.74) is 0.978. The Morgan fingerprint density at radius 1 is 1.45 bits per heavy atom. The van der Waals surface area contributed by atoms with Crippen molar-refractivity contribution in [1.82, 2.24) is 15.1 Å². The van der Waals surface area contributed by atoms with Crippen molar-refractivity contribution in [1.29, 1.82) is 0 Å². The zero-order chi connectivity index (χ0) is 14.6. The van der Waals surface area contributed by atoms with Crippen LogP contribution in [0.15, 0.2) is 12.3 Å². The molecule has 0 radical (unpaired) electrons. The van der Waals surface area contributed by atoms with E-state index in [9.17, 15) is 8.42 Å². The van der Waals surface area contributed by atoms with E-state index in [-0.39, 0.29) is 11.8 Å². The average molecular weight is 299 g/mol. The summed E-state index contributed by atoms with van der Waals surface area (Å²) in [6.07, 6.45) is 8.98. The van der Waals surface area contributed by atoms with Gasteiger partial charge in [-0.25, -0.2) is 8.42 Å². The molecule has 1 aromatic heterocycles. The van der Waals surface area contributed by atoms with Crippen LogP contribution in [0.1, 0.15) is 44.3 Å². The van der Waals surface area contributed by atoms with Crippen molar-refractivity contribution in [2.75, 3.05) is 18.6 Å². The number of nitrogens with one attached hydrogen (secondary N) is 1. The van der Waals surface area contributed by atoms with Gasteiger partial charge < -0.3 is 5.32 Å². The average Bonchev–Trinajstić information content (AvgIpc) is 2.96. The van der Waals surface area contributed by atoms with Gasteiger partial charge in [-0.15, -0.1) is 0 Å². The second-order valence-electron chi connectivity index (χ2n) is 5.78. The number of sulfone groups is 1. The van der Waals surface area contributed by atoms with Crippen LogP contribution in [0, 0.1) is 0 Å². The summed E-state index contributed by atoms with van der Waals surface area (Å²) < 4.78 is 25.0. The van der Waals surface area contributed by atoms with E-state index >= 15 is 0 Å². The molecule has 1 atom stereocenters. The standard InChI is InChI=1S/C14H25N3O2S/c1-3-15-13(11-20(2,18)19)10-12-8-9-17(16-12)14-6-4-5-7-14/h8-9,13-15H,3-7,10-11H2,1-2H3. The minimum absolute atomic E-state index is 0.0538. The number of rotatable bonds is 7. The highest BCUT2D eigenvalue weighted by Crippen LogP contribution is 2.28. The molecule has 0 bridgehead atoms. The first kappa shape index (κ1) is 15.5. The van der Waals surface area contributed by atoms with Gasteiger partial charge >= 0.3 is 0 Å². The van der Waals surface area contributed by atoms with E-state index in [1.165, 1.54) is 31.9 Å². The van der Waals surface area contributed by atoms with E-state index in [0.29, 0.717) is 12.5 Å². The van der Waals surface area contributed by atoms with Crippen molar-refractivity contribution in [2.24, 2.45) is 0 Å². The maximum Gasteiger partial charge on any atom is 0.148 e. The highest BCUT2D eigenvalue weighted by molar-refractivity contribution is 7.90. The van der Waals surface area contributed by atoms with E-state index in [0.717, 1.165) is 12.2 Å². The molecule has 5 nitrogen and oxygen atoms in total. The molecule has 6 heteroatoms. The summed E-state index contributed by atoms with van der Waals surface area (Å²) in [5.74, 6) is 0.164. The van der Waals surface area contributed by atoms with Crippen LogP contribution < -0.4 is 5.32 Å². The quantitative estimate of drug-likeness (QED) is 0.830. The molecule has 0 amide bonds. The van der Waals surface area contributed by atoms with Gasteiger partial charge in [0.1, 0.15) is 9.84 Å². The van der Waals surface area contributed by atoms with Crippen LogP contribution in [0.3, 0.4) is 0 Å². The molecule has 1 N–H and O–H groups in total. The van der Waals surface area contributed by atoms with Crippen LogP contribution in [0.4, 0.5) is 0 Å². The topological polar surface area (TPSA) is 64.0 Å². The smallest absolute Gasteiger partial charge is 0.148 e. The molecular weight excluding hydrogens is 274 g/mol. The predicted molar refractivity (Wildman–Crippen MR) is 80.6 cm³/mol. The van der Waals surface area contributed by atoms with Crippen LogP contribution in [-0.4, -0.2) is 42.8 Å². The predicted octanol–water partition coefficient (Wildman–Crippen LogP) is 1.56. The first-order chi connectivity index (χ1) is 9.48. The molecule has 1 aliphatic carbocycles. The van der Waals surface area contributed by atoms with Crippen LogP contribution in [0.5, 0.6) is 0 Å². The summed E-state index contributed by atoms with van der Waals surface area (Å²) in [6.45, 7) is 2.76. The molecule has 0 aromatic carbocycles. The summed E-state index contributed by atoms with van der Waals surface area (Å²) in [5, 5.41) is 7.86. The monoisotopic (exact) mass is 299 g/mol. The van der Waals surface area contributed by atoms with Gasteiger partial charge in [0.2, 0.25) is 0 Å². The number of nitrogens with zero attached hydrogens (tertiary/aromatic N) is 2. The first-order valence-corrected chi connectivity index (χ1v) is 9.49. The van der Waals surface area contributed by atoms with Crippen molar-refractivity contribution < 1.29 is 8.42 Å². The van der Waals surface area contributed by atoms with Crippen LogP contribution in [0.25, 0.3) is 0 Å². The zero-order valence-corrected chi connectivity index (χ0v) is 13.2. The number of hydrogen-bond donors (Lipinski definition) is 1. The lowest BCUT2D eigenvalue weighted by atomic mass is 10.2. The minimum Gasteiger partial charge on any atom is -0.313 e. The Morgan fingerprint density at radius 3 is 2.75 bits per heavy atom. The third-order valence-electron chi connectivity index (χ3n) is 3.81. The van der Waals surface area contributed by atoms with Crippen molar-refractivity contribution in [3.8, 4) is 0 Å². The Labute approximate surface area is 121 Å². The second kappa shape index (κ2) is 6.72. The maximum absolute atomic E-state index is 11.5. The van der Waals surface area contributed by atoms with E-state index in [1.54, 1.807) is 0 Å². The van der Waals surface area contributed by atoms with Gasteiger partial charge in [0.15, 0.2) is 0 Å². The van der Waals surface area contributed by atoms with Gasteiger partial charge in [0, 0.05) is 24.9 Å². The molecule has 1 fully saturated rings. The lowest BCUT2D eigenvalue weighted by molar-refractivity contribution is 0.458. The molecule has 20 heavy (non-hydrogen) atoms. The van der Waals surface area contributed by atoms with Gasteiger partial charge in [-0.1, -0.05) is 19.8 Å². The molecule has 2 rings (SSSR count). The summed E-state index contributed by atoms with van der Waals surface area (Å²) in [6, 6.07) is 2.50. The van der Waals surface area contributed by atoms with Crippen LogP contribution in [0.2, 0.25) is 0 Å². The Hall–Kier alpha value is -0.880. The molecule has 1 unspecified atom stereocenters. The van der Waals surface area contributed by atoms with E-state index in [4.69, 9.17) is 0 Å². The molecule has 1 heterocycles. The molecule has 1 aliphatic rings. The zero-order valence-electron chi connectivity index (χ0n) is 12.4. The van der Waals surface area contributed by atoms with Crippen molar-refractivity contribution in [3.63, 3.8) is 0 Å². The van der Waals surface area contributed by atoms with Crippen LogP contribution >= 0.6 is 0 Å². The summed E-state index contributed by atoms with van der Waals surface area (Å²) in [4.78, 5) is 0. The summed E-state index contributed by atoms with van der Waals surface area (Å²) >= 11 is 0. The van der Waals surface area contributed by atoms with Gasteiger partial charge in [-0.05, 0) is 25.5 Å². The highest BCUT2D eigenvalue weighted by atomic mass is 32.2. The third kappa shape index (κ3) is 4.59. The molecule has 0 aliphatic heterocycles. The largest absolute Gasteiger partial charge is 0.313 e. The summed E-state index contributed by atoms with van der Waals surface area (Å²) in [7, 11) is -2.97. The van der Waals surface area contributed by atoms with E-state index < -0.39 is 9.84 Å². The molecule has 0 saturated heterocycles. The SMILES string of the molecule is CCNC(Cc1ccn(C2CCCC2)n1)CS(C)(=O)=O. The fraction of sp³-hybridized carbons (Fsp3) is 0.786. The first-order valence-electron chi connectivity index (χ1n) is 7.43. The number of aromatic nitrogens is 2.